The zero-order chi connectivity index (χ0) is 22.8. The van der Waals surface area contributed by atoms with Crippen molar-refractivity contribution >= 4 is 0 Å². The summed E-state index contributed by atoms with van der Waals surface area (Å²) in [5.41, 5.74) is -0.105. The molecule has 0 radical (unpaired) electrons. The third-order valence-corrected chi connectivity index (χ3v) is 10.6. The molecule has 0 bridgehead atoms. The summed E-state index contributed by atoms with van der Waals surface area (Å²) >= 11 is 0. The molecule has 0 heterocycles. The summed E-state index contributed by atoms with van der Waals surface area (Å²) in [7, 11) is 0. The lowest BCUT2D eigenvalue weighted by Crippen LogP contribution is -2.55. The van der Waals surface area contributed by atoms with Crippen molar-refractivity contribution in [1.29, 1.82) is 0 Å². The maximum absolute atomic E-state index is 14.1. The largest absolute Gasteiger partial charge is 0.393 e. The van der Waals surface area contributed by atoms with E-state index in [-0.39, 0.29) is 5.41 Å². The van der Waals surface area contributed by atoms with E-state index in [0.717, 1.165) is 25.7 Å². The first-order chi connectivity index (χ1) is 14.4. The summed E-state index contributed by atoms with van der Waals surface area (Å²) in [6.07, 6.45) is 9.21. The molecular formula is C27H45FO3. The smallest absolute Gasteiger partial charge is 0.131 e. The van der Waals surface area contributed by atoms with E-state index in [2.05, 4.69) is 26.8 Å². The molecule has 178 valence electrons. The van der Waals surface area contributed by atoms with Crippen molar-refractivity contribution in [2.45, 2.75) is 116 Å². The van der Waals surface area contributed by atoms with Crippen LogP contribution in [0, 0.1) is 40.4 Å². The predicted molar refractivity (Wildman–Crippen MR) is 122 cm³/mol. The minimum atomic E-state index is -1.53. The molecule has 0 aliphatic heterocycles. The number of aliphatic hydroxyl groups excluding tert-OH is 3. The van der Waals surface area contributed by atoms with Gasteiger partial charge < -0.3 is 15.3 Å². The second kappa shape index (κ2) is 8.09. The fourth-order valence-corrected chi connectivity index (χ4v) is 8.64. The Balaban J connectivity index is 1.50. The van der Waals surface area contributed by atoms with Crippen molar-refractivity contribution in [3.8, 4) is 0 Å². The topological polar surface area (TPSA) is 60.7 Å². The molecule has 0 aromatic heterocycles. The average Bonchev–Trinajstić information content (AvgIpc) is 3.03. The summed E-state index contributed by atoms with van der Waals surface area (Å²) in [4.78, 5) is 0. The van der Waals surface area contributed by atoms with Crippen molar-refractivity contribution in [3.05, 3.63) is 11.6 Å². The van der Waals surface area contributed by atoms with Crippen LogP contribution in [-0.2, 0) is 0 Å². The molecule has 2 unspecified atom stereocenters. The quantitative estimate of drug-likeness (QED) is 0.504. The van der Waals surface area contributed by atoms with Crippen LogP contribution in [0.5, 0.6) is 0 Å². The van der Waals surface area contributed by atoms with E-state index < -0.39 is 24.0 Å². The molecule has 4 aliphatic rings. The maximum Gasteiger partial charge on any atom is 0.131 e. The third-order valence-electron chi connectivity index (χ3n) is 10.6. The van der Waals surface area contributed by atoms with Crippen molar-refractivity contribution in [3.63, 3.8) is 0 Å². The molecule has 4 rings (SSSR count). The first-order valence-electron chi connectivity index (χ1n) is 12.8. The Morgan fingerprint density at radius 2 is 1.84 bits per heavy atom. The van der Waals surface area contributed by atoms with Crippen molar-refractivity contribution in [2.75, 3.05) is 0 Å². The number of halogens is 1. The van der Waals surface area contributed by atoms with Crippen LogP contribution in [0.4, 0.5) is 4.39 Å². The van der Waals surface area contributed by atoms with Gasteiger partial charge in [-0.3, -0.25) is 0 Å². The minimum Gasteiger partial charge on any atom is -0.393 e. The number of aliphatic hydroxyl groups is 3. The molecule has 31 heavy (non-hydrogen) atoms. The van der Waals surface area contributed by atoms with E-state index in [1.165, 1.54) is 38.7 Å². The van der Waals surface area contributed by atoms with Gasteiger partial charge in [-0.1, -0.05) is 32.4 Å². The molecule has 0 aromatic carbocycles. The summed E-state index contributed by atoms with van der Waals surface area (Å²) in [6.45, 7) is 10.0. The van der Waals surface area contributed by atoms with Crippen LogP contribution in [0.3, 0.4) is 0 Å². The number of hydrogen-bond acceptors (Lipinski definition) is 3. The molecule has 4 heteroatoms. The molecule has 0 saturated heterocycles. The SMILES string of the molecule is C[C@H](CCC(O)C(C)(C)F)[C@H]1CC[C@H]2[C@@H]3CC=C4C[C@@H](O)CC(O)[C@]4(C)[C@H]3CC[C@]12C. The highest BCUT2D eigenvalue weighted by molar-refractivity contribution is 5.27. The van der Waals surface area contributed by atoms with Gasteiger partial charge in [-0.2, -0.15) is 0 Å². The highest BCUT2D eigenvalue weighted by Gasteiger charge is 2.60. The van der Waals surface area contributed by atoms with Crippen molar-refractivity contribution < 1.29 is 19.7 Å². The van der Waals surface area contributed by atoms with Crippen LogP contribution in [-0.4, -0.2) is 39.3 Å². The molecule has 10 atom stereocenters. The van der Waals surface area contributed by atoms with Gasteiger partial charge in [-0.15, -0.1) is 0 Å². The standard InChI is InChI=1S/C27H45FO3/c1-16(6-11-23(30)25(2,3)28)20-9-10-21-19-8-7-17-14-18(29)15-24(31)27(17,5)22(19)12-13-26(20,21)4/h7,16,18-24,29-31H,6,8-15H2,1-5H3/t16-,18-,19+,20-,21+,22+,23?,24?,26-,27+/m1/s1. The Morgan fingerprint density at radius 3 is 2.52 bits per heavy atom. The van der Waals surface area contributed by atoms with Gasteiger partial charge in [0.15, 0.2) is 0 Å². The fourth-order valence-electron chi connectivity index (χ4n) is 8.64. The summed E-state index contributed by atoms with van der Waals surface area (Å²) in [6, 6.07) is 0. The molecule has 0 amide bonds. The predicted octanol–water partition coefficient (Wildman–Crippen LogP) is 5.42. The highest BCUT2D eigenvalue weighted by atomic mass is 19.1. The van der Waals surface area contributed by atoms with Gasteiger partial charge in [0, 0.05) is 11.8 Å². The zero-order valence-electron chi connectivity index (χ0n) is 20.3. The first kappa shape index (κ1) is 23.7. The van der Waals surface area contributed by atoms with Crippen LogP contribution in [0.15, 0.2) is 11.6 Å². The van der Waals surface area contributed by atoms with Crippen LogP contribution < -0.4 is 0 Å². The van der Waals surface area contributed by atoms with Crippen LogP contribution in [0.2, 0.25) is 0 Å². The molecule has 3 nitrogen and oxygen atoms in total. The molecular weight excluding hydrogens is 391 g/mol. The summed E-state index contributed by atoms with van der Waals surface area (Å²) < 4.78 is 14.1. The van der Waals surface area contributed by atoms with Gasteiger partial charge in [0.05, 0.1) is 18.3 Å². The number of hydrogen-bond donors (Lipinski definition) is 3. The molecule has 3 N–H and O–H groups in total. The van der Waals surface area contributed by atoms with E-state index in [0.29, 0.717) is 47.8 Å². The normalized spacial score (nSPS) is 47.1. The van der Waals surface area contributed by atoms with Gasteiger partial charge in [0.25, 0.3) is 0 Å². The summed E-state index contributed by atoms with van der Waals surface area (Å²) in [5, 5.41) is 31.5. The van der Waals surface area contributed by atoms with E-state index in [1.807, 2.05) is 0 Å². The molecule has 0 spiro atoms. The Morgan fingerprint density at radius 1 is 1.13 bits per heavy atom. The average molecular weight is 437 g/mol. The lowest BCUT2D eigenvalue weighted by atomic mass is 9.46. The van der Waals surface area contributed by atoms with Gasteiger partial charge in [-0.25, -0.2) is 4.39 Å². The van der Waals surface area contributed by atoms with Crippen molar-refractivity contribution in [2.24, 2.45) is 40.4 Å². The van der Waals surface area contributed by atoms with E-state index >= 15 is 0 Å². The van der Waals surface area contributed by atoms with Crippen LogP contribution in [0.1, 0.15) is 92.4 Å². The second-order valence-electron chi connectivity index (χ2n) is 12.6. The van der Waals surface area contributed by atoms with Gasteiger partial charge >= 0.3 is 0 Å². The first-order valence-corrected chi connectivity index (χ1v) is 12.8. The van der Waals surface area contributed by atoms with Gasteiger partial charge in [0.1, 0.15) is 5.67 Å². The fraction of sp³-hybridized carbons (Fsp3) is 0.926. The highest BCUT2D eigenvalue weighted by Crippen LogP contribution is 2.67. The number of rotatable bonds is 5. The zero-order valence-corrected chi connectivity index (χ0v) is 20.3. The second-order valence-corrected chi connectivity index (χ2v) is 12.6. The maximum atomic E-state index is 14.1. The molecule has 4 aliphatic carbocycles. The Bertz CT molecular complexity index is 699. The minimum absolute atomic E-state index is 0.177. The summed E-state index contributed by atoms with van der Waals surface area (Å²) in [5.74, 6) is 2.92. The van der Waals surface area contributed by atoms with E-state index in [1.54, 1.807) is 0 Å². The lowest BCUT2D eigenvalue weighted by molar-refractivity contribution is -0.108. The van der Waals surface area contributed by atoms with E-state index in [9.17, 15) is 19.7 Å². The molecule has 0 aromatic rings. The number of allylic oxidation sites excluding steroid dienone is 1. The van der Waals surface area contributed by atoms with Gasteiger partial charge in [0.2, 0.25) is 0 Å². The third kappa shape index (κ3) is 3.83. The Labute approximate surface area is 188 Å². The van der Waals surface area contributed by atoms with Gasteiger partial charge in [-0.05, 0) is 100 Å². The van der Waals surface area contributed by atoms with Crippen LogP contribution >= 0.6 is 0 Å². The number of fused-ring (bicyclic) bond motifs is 5. The van der Waals surface area contributed by atoms with E-state index in [4.69, 9.17) is 0 Å². The Kier molecular flexibility index (Phi) is 6.19. The molecule has 3 saturated carbocycles. The van der Waals surface area contributed by atoms with Crippen molar-refractivity contribution in [1.82, 2.24) is 0 Å². The van der Waals surface area contributed by atoms with Crippen LogP contribution in [0.25, 0.3) is 0 Å². The molecule has 3 fully saturated rings. The lowest BCUT2D eigenvalue weighted by Gasteiger charge is -2.59. The Hall–Kier alpha value is -0.450. The monoisotopic (exact) mass is 436 g/mol. The number of alkyl halides is 1.